The van der Waals surface area contributed by atoms with Gasteiger partial charge in [0.15, 0.2) is 0 Å². The number of hydrogen-bond acceptors (Lipinski definition) is 4. The van der Waals surface area contributed by atoms with Gasteiger partial charge in [-0.05, 0) is 50.0 Å². The van der Waals surface area contributed by atoms with Crippen molar-refractivity contribution >= 4 is 17.9 Å². The van der Waals surface area contributed by atoms with Crippen LogP contribution in [-0.4, -0.2) is 48.2 Å². The quantitative estimate of drug-likeness (QED) is 0.263. The maximum absolute atomic E-state index is 12.4. The Morgan fingerprint density at radius 3 is 2.38 bits per heavy atom. The van der Waals surface area contributed by atoms with E-state index in [4.69, 9.17) is 10.6 Å². The molecule has 29 heavy (non-hydrogen) atoms. The number of carbonyl (C=O) groups excluding carboxylic acids is 2. The lowest BCUT2D eigenvalue weighted by molar-refractivity contribution is -0.137. The van der Waals surface area contributed by atoms with Gasteiger partial charge in [-0.2, -0.15) is 0 Å². The summed E-state index contributed by atoms with van der Waals surface area (Å²) >= 11 is 0. The van der Waals surface area contributed by atoms with Gasteiger partial charge in [0.05, 0.1) is 6.42 Å². The molecule has 162 valence electrons. The predicted molar refractivity (Wildman–Crippen MR) is 107 cm³/mol. The fourth-order valence-corrected chi connectivity index (χ4v) is 4.18. The molecule has 2 saturated carbocycles. The Bertz CT molecular complexity index is 604. The van der Waals surface area contributed by atoms with Gasteiger partial charge in [-0.25, -0.2) is 4.79 Å². The first-order valence-corrected chi connectivity index (χ1v) is 10.5. The summed E-state index contributed by atoms with van der Waals surface area (Å²) < 4.78 is 0. The Morgan fingerprint density at radius 1 is 1.07 bits per heavy atom. The van der Waals surface area contributed by atoms with E-state index >= 15 is 0 Å². The molecule has 0 aromatic rings. The number of azide groups is 1. The summed E-state index contributed by atoms with van der Waals surface area (Å²) in [5.41, 5.74) is 8.41. The van der Waals surface area contributed by atoms with E-state index in [1.807, 2.05) is 0 Å². The first kappa shape index (κ1) is 22.8. The van der Waals surface area contributed by atoms with Crippen molar-refractivity contribution < 1.29 is 19.5 Å². The molecule has 0 saturated heterocycles. The number of urea groups is 1. The second kappa shape index (κ2) is 12.2. The number of nitrogens with one attached hydrogen (secondary N) is 3. The Balaban J connectivity index is 1.67. The molecule has 2 aliphatic rings. The van der Waals surface area contributed by atoms with E-state index in [-0.39, 0.29) is 36.9 Å². The minimum absolute atomic E-state index is 0.0795. The molecule has 0 spiro atoms. The van der Waals surface area contributed by atoms with Crippen LogP contribution in [0.3, 0.4) is 0 Å². The number of carboxylic acid groups (broad SMARTS) is 1. The first-order valence-electron chi connectivity index (χ1n) is 10.5. The second-order valence-corrected chi connectivity index (χ2v) is 8.12. The SMILES string of the molecule is [N-]=[N+]=NC[C@H](CC(=O)O)NC(=O)C1CCC(CNC(=O)NC2CCCCC2)CC1. The molecule has 10 nitrogen and oxygen atoms in total. The summed E-state index contributed by atoms with van der Waals surface area (Å²) in [4.78, 5) is 38.0. The summed E-state index contributed by atoms with van der Waals surface area (Å²) in [7, 11) is 0. The van der Waals surface area contributed by atoms with E-state index in [2.05, 4.69) is 26.0 Å². The zero-order valence-electron chi connectivity index (χ0n) is 16.8. The zero-order chi connectivity index (χ0) is 21.1. The van der Waals surface area contributed by atoms with Crippen LogP contribution >= 0.6 is 0 Å². The van der Waals surface area contributed by atoms with E-state index in [1.54, 1.807) is 0 Å². The van der Waals surface area contributed by atoms with Crippen molar-refractivity contribution in [1.82, 2.24) is 16.0 Å². The van der Waals surface area contributed by atoms with Crippen LogP contribution in [0.5, 0.6) is 0 Å². The van der Waals surface area contributed by atoms with Crippen molar-refractivity contribution in [2.45, 2.75) is 76.3 Å². The van der Waals surface area contributed by atoms with Crippen LogP contribution in [0, 0.1) is 11.8 Å². The summed E-state index contributed by atoms with van der Waals surface area (Å²) in [6.07, 6.45) is 8.49. The molecule has 2 rings (SSSR count). The first-order chi connectivity index (χ1) is 14.0. The van der Waals surface area contributed by atoms with Gasteiger partial charge in [0, 0.05) is 36.0 Å². The van der Waals surface area contributed by atoms with Crippen molar-refractivity contribution in [2.75, 3.05) is 13.1 Å². The lowest BCUT2D eigenvalue weighted by Crippen LogP contribution is -2.45. The van der Waals surface area contributed by atoms with Crippen LogP contribution in [-0.2, 0) is 9.59 Å². The molecule has 0 aromatic carbocycles. The van der Waals surface area contributed by atoms with Crippen LogP contribution in [0.15, 0.2) is 5.11 Å². The highest BCUT2D eigenvalue weighted by atomic mass is 16.4. The molecular weight excluding hydrogens is 376 g/mol. The highest BCUT2D eigenvalue weighted by Gasteiger charge is 2.28. The van der Waals surface area contributed by atoms with Gasteiger partial charge in [0.2, 0.25) is 5.91 Å². The van der Waals surface area contributed by atoms with E-state index < -0.39 is 12.0 Å². The highest BCUT2D eigenvalue weighted by molar-refractivity contribution is 5.80. The molecular formula is C19H32N6O4. The number of carbonyl (C=O) groups is 3. The molecule has 3 amide bonds. The van der Waals surface area contributed by atoms with Crippen LogP contribution in [0.1, 0.15) is 64.2 Å². The third-order valence-corrected chi connectivity index (χ3v) is 5.84. The van der Waals surface area contributed by atoms with Crippen molar-refractivity contribution in [3.8, 4) is 0 Å². The average molecular weight is 409 g/mol. The Hall–Kier alpha value is -2.48. The molecule has 10 heteroatoms. The number of rotatable bonds is 9. The minimum atomic E-state index is -1.05. The summed E-state index contributed by atoms with van der Waals surface area (Å²) in [5.74, 6) is -1.07. The summed E-state index contributed by atoms with van der Waals surface area (Å²) in [6, 6.07) is -0.516. The van der Waals surface area contributed by atoms with Crippen molar-refractivity contribution in [3.63, 3.8) is 0 Å². The fraction of sp³-hybridized carbons (Fsp3) is 0.842. The smallest absolute Gasteiger partial charge is 0.315 e. The monoisotopic (exact) mass is 408 g/mol. The normalized spacial score (nSPS) is 23.3. The second-order valence-electron chi connectivity index (χ2n) is 8.12. The molecule has 0 bridgehead atoms. The van der Waals surface area contributed by atoms with E-state index in [1.165, 1.54) is 19.3 Å². The molecule has 0 radical (unpaired) electrons. The maximum atomic E-state index is 12.4. The van der Waals surface area contributed by atoms with Crippen molar-refractivity contribution in [2.24, 2.45) is 17.0 Å². The van der Waals surface area contributed by atoms with Gasteiger partial charge in [0.25, 0.3) is 0 Å². The zero-order valence-corrected chi connectivity index (χ0v) is 16.8. The summed E-state index contributed by atoms with van der Waals surface area (Å²) in [6.45, 7) is 0.523. The molecule has 4 N–H and O–H groups in total. The molecule has 2 fully saturated rings. The topological polar surface area (TPSA) is 156 Å². The third-order valence-electron chi connectivity index (χ3n) is 5.84. The molecule has 1 atom stereocenters. The lowest BCUT2D eigenvalue weighted by atomic mass is 9.81. The van der Waals surface area contributed by atoms with Crippen LogP contribution < -0.4 is 16.0 Å². The van der Waals surface area contributed by atoms with Crippen molar-refractivity contribution in [1.29, 1.82) is 0 Å². The Labute approximate surface area is 170 Å². The van der Waals surface area contributed by atoms with Gasteiger partial charge in [-0.3, -0.25) is 9.59 Å². The Kier molecular flexibility index (Phi) is 9.56. The number of nitrogens with zero attached hydrogens (tertiary/aromatic N) is 3. The number of amides is 3. The molecule has 0 aromatic heterocycles. The number of carboxylic acids is 1. The fourth-order valence-electron chi connectivity index (χ4n) is 4.18. The van der Waals surface area contributed by atoms with E-state index in [0.29, 0.717) is 25.3 Å². The molecule has 0 unspecified atom stereocenters. The van der Waals surface area contributed by atoms with Gasteiger partial charge >= 0.3 is 12.0 Å². The standard InChI is InChI=1S/C19H32N6O4/c20-25-22-12-16(10-17(26)27)23-18(28)14-8-6-13(7-9-14)11-21-19(29)24-15-4-2-1-3-5-15/h13-16H,1-12H2,(H,23,28)(H,26,27)(H2,21,24,29)/t13?,14?,16-/m0/s1. The highest BCUT2D eigenvalue weighted by Crippen LogP contribution is 2.28. The van der Waals surface area contributed by atoms with Gasteiger partial charge < -0.3 is 21.1 Å². The van der Waals surface area contributed by atoms with Crippen LogP contribution in [0.25, 0.3) is 10.4 Å². The number of hydrogen-bond donors (Lipinski definition) is 4. The molecule has 2 aliphatic carbocycles. The molecule has 0 aliphatic heterocycles. The summed E-state index contributed by atoms with van der Waals surface area (Å²) in [5, 5.41) is 21.0. The maximum Gasteiger partial charge on any atom is 0.315 e. The third kappa shape index (κ3) is 8.60. The Morgan fingerprint density at radius 2 is 1.76 bits per heavy atom. The average Bonchev–Trinajstić information content (AvgIpc) is 2.71. The number of aliphatic carboxylic acids is 1. The van der Waals surface area contributed by atoms with Crippen molar-refractivity contribution in [3.05, 3.63) is 10.4 Å². The van der Waals surface area contributed by atoms with Gasteiger partial charge in [-0.1, -0.05) is 24.4 Å². The van der Waals surface area contributed by atoms with E-state index in [0.717, 1.165) is 25.7 Å². The predicted octanol–water partition coefficient (Wildman–Crippen LogP) is 2.69. The van der Waals surface area contributed by atoms with Gasteiger partial charge in [0.1, 0.15) is 0 Å². The van der Waals surface area contributed by atoms with Gasteiger partial charge in [-0.15, -0.1) is 0 Å². The van der Waals surface area contributed by atoms with E-state index in [9.17, 15) is 14.4 Å². The lowest BCUT2D eigenvalue weighted by Gasteiger charge is -2.29. The minimum Gasteiger partial charge on any atom is -0.481 e. The molecule has 0 heterocycles. The van der Waals surface area contributed by atoms with Crippen LogP contribution in [0.2, 0.25) is 0 Å². The largest absolute Gasteiger partial charge is 0.481 e. The van der Waals surface area contributed by atoms with Crippen LogP contribution in [0.4, 0.5) is 4.79 Å².